The van der Waals surface area contributed by atoms with Gasteiger partial charge in [-0.1, -0.05) is 34.1 Å². The molecule has 0 saturated heterocycles. The normalized spacial score (nSPS) is 49.0. The minimum Gasteiger partial charge on any atom is -0.393 e. The van der Waals surface area contributed by atoms with Crippen LogP contribution in [-0.4, -0.2) is 34.9 Å². The topological polar surface area (TPSA) is 69.6 Å². The highest BCUT2D eigenvalue weighted by atomic mass is 16.3. The predicted octanol–water partition coefficient (Wildman–Crippen LogP) is 5.17. The highest BCUT2D eigenvalue weighted by Gasteiger charge is 2.64. The SMILES string of the molecule is CCNC(=O)CC[C@@H](C)[C@H]1CC[C@H]2[C@@H]3[C@H](O)[C@H](CC)C4C[C@H](O)CC[C@]4(C)[C@H]3CC[C@]12C. The van der Waals surface area contributed by atoms with Crippen molar-refractivity contribution >= 4 is 5.91 Å². The summed E-state index contributed by atoms with van der Waals surface area (Å²) in [6.45, 7) is 12.4. The van der Waals surface area contributed by atoms with Gasteiger partial charge in [-0.25, -0.2) is 0 Å². The van der Waals surface area contributed by atoms with Crippen molar-refractivity contribution in [3.8, 4) is 0 Å². The van der Waals surface area contributed by atoms with Crippen molar-refractivity contribution in [3.63, 3.8) is 0 Å². The first-order chi connectivity index (χ1) is 15.2. The van der Waals surface area contributed by atoms with Gasteiger partial charge >= 0.3 is 0 Å². The third-order valence-corrected chi connectivity index (χ3v) is 11.4. The molecule has 0 radical (unpaired) electrons. The lowest BCUT2D eigenvalue weighted by Crippen LogP contribution is -2.62. The van der Waals surface area contributed by atoms with Crippen LogP contribution in [0.3, 0.4) is 0 Å². The zero-order valence-electron chi connectivity index (χ0n) is 21.3. The quantitative estimate of drug-likeness (QED) is 0.526. The van der Waals surface area contributed by atoms with E-state index in [-0.39, 0.29) is 23.5 Å². The maximum Gasteiger partial charge on any atom is 0.219 e. The summed E-state index contributed by atoms with van der Waals surface area (Å²) >= 11 is 0. The van der Waals surface area contributed by atoms with Gasteiger partial charge in [-0.2, -0.15) is 0 Å². The number of nitrogens with one attached hydrogen (secondary N) is 1. The van der Waals surface area contributed by atoms with Crippen molar-refractivity contribution < 1.29 is 15.0 Å². The van der Waals surface area contributed by atoms with Crippen molar-refractivity contribution in [2.45, 2.75) is 111 Å². The van der Waals surface area contributed by atoms with Crippen molar-refractivity contribution in [1.82, 2.24) is 5.32 Å². The summed E-state index contributed by atoms with van der Waals surface area (Å²) in [4.78, 5) is 12.1. The smallest absolute Gasteiger partial charge is 0.219 e. The summed E-state index contributed by atoms with van der Waals surface area (Å²) in [6, 6.07) is 0. The first-order valence-corrected chi connectivity index (χ1v) is 13.8. The molecule has 0 aromatic rings. The lowest BCUT2D eigenvalue weighted by atomic mass is 9.41. The molecule has 0 bridgehead atoms. The number of hydrogen-bond donors (Lipinski definition) is 3. The van der Waals surface area contributed by atoms with E-state index in [1.807, 2.05) is 6.92 Å². The second kappa shape index (κ2) is 9.21. The second-order valence-corrected chi connectivity index (χ2v) is 12.6. The first kappa shape index (κ1) is 24.5. The van der Waals surface area contributed by atoms with Gasteiger partial charge < -0.3 is 15.5 Å². The van der Waals surface area contributed by atoms with E-state index < -0.39 is 0 Å². The summed E-state index contributed by atoms with van der Waals surface area (Å²) in [5.74, 6) is 3.81. The Balaban J connectivity index is 1.55. The second-order valence-electron chi connectivity index (χ2n) is 12.6. The fourth-order valence-electron chi connectivity index (χ4n) is 9.78. The van der Waals surface area contributed by atoms with E-state index in [9.17, 15) is 15.0 Å². The summed E-state index contributed by atoms with van der Waals surface area (Å²) in [7, 11) is 0. The molecule has 0 aromatic heterocycles. The molecule has 11 atom stereocenters. The summed E-state index contributed by atoms with van der Waals surface area (Å²) in [5.41, 5.74) is 0.561. The van der Waals surface area contributed by atoms with Crippen molar-refractivity contribution in [3.05, 3.63) is 0 Å². The van der Waals surface area contributed by atoms with Crippen LogP contribution in [0.2, 0.25) is 0 Å². The van der Waals surface area contributed by atoms with Gasteiger partial charge in [0.15, 0.2) is 0 Å². The number of carbonyl (C=O) groups is 1. The van der Waals surface area contributed by atoms with Crippen molar-refractivity contribution in [2.75, 3.05) is 6.54 Å². The van der Waals surface area contributed by atoms with Crippen LogP contribution in [0.1, 0.15) is 98.8 Å². The van der Waals surface area contributed by atoms with Gasteiger partial charge in [-0.3, -0.25) is 4.79 Å². The zero-order valence-corrected chi connectivity index (χ0v) is 21.3. The van der Waals surface area contributed by atoms with Gasteiger partial charge in [-0.15, -0.1) is 0 Å². The number of hydrogen-bond acceptors (Lipinski definition) is 3. The van der Waals surface area contributed by atoms with Crippen LogP contribution in [0.25, 0.3) is 0 Å². The van der Waals surface area contributed by atoms with E-state index in [0.717, 1.165) is 32.1 Å². The summed E-state index contributed by atoms with van der Waals surface area (Å²) in [6.07, 6.45) is 10.2. The Morgan fingerprint density at radius 3 is 2.38 bits per heavy atom. The average molecular weight is 448 g/mol. The monoisotopic (exact) mass is 447 g/mol. The van der Waals surface area contributed by atoms with E-state index in [1.165, 1.54) is 25.7 Å². The van der Waals surface area contributed by atoms with Crippen molar-refractivity contribution in [2.24, 2.45) is 52.3 Å². The molecule has 4 heteroatoms. The highest BCUT2D eigenvalue weighted by Crippen LogP contribution is 2.69. The standard InChI is InChI=1S/C28H49NO3/c1-6-19-23-16-18(30)12-14-28(23,5)22-13-15-27(4)20(9-10-21(27)25(22)26(19)32)17(3)8-11-24(31)29-7-2/h17-23,25-26,30,32H,6-16H2,1-5H3,(H,29,31)/t17-,18-,19-,20-,21+,22+,23?,25+,26-,27-,28-/m1/s1. The zero-order chi connectivity index (χ0) is 23.3. The third-order valence-electron chi connectivity index (χ3n) is 11.4. The molecule has 1 amide bonds. The van der Waals surface area contributed by atoms with Crippen LogP contribution in [0.5, 0.6) is 0 Å². The number of rotatable bonds is 6. The van der Waals surface area contributed by atoms with Crippen LogP contribution >= 0.6 is 0 Å². The fraction of sp³-hybridized carbons (Fsp3) is 0.964. The minimum absolute atomic E-state index is 0.179. The Labute approximate surface area is 196 Å². The maximum absolute atomic E-state index is 12.1. The Hall–Kier alpha value is -0.610. The largest absolute Gasteiger partial charge is 0.393 e. The molecule has 32 heavy (non-hydrogen) atoms. The minimum atomic E-state index is -0.220. The molecule has 3 N–H and O–H groups in total. The molecule has 0 aliphatic heterocycles. The van der Waals surface area contributed by atoms with Gasteiger partial charge in [0.25, 0.3) is 0 Å². The van der Waals surface area contributed by atoms with E-state index >= 15 is 0 Å². The Bertz CT molecular complexity index is 682. The summed E-state index contributed by atoms with van der Waals surface area (Å²) in [5, 5.41) is 25.2. The number of carbonyl (C=O) groups excluding carboxylic acids is 1. The van der Waals surface area contributed by atoms with Crippen LogP contribution in [0.4, 0.5) is 0 Å². The van der Waals surface area contributed by atoms with Gasteiger partial charge in [-0.05, 0) is 111 Å². The summed E-state index contributed by atoms with van der Waals surface area (Å²) < 4.78 is 0. The molecule has 0 spiro atoms. The van der Waals surface area contributed by atoms with Gasteiger partial charge in [0, 0.05) is 13.0 Å². The van der Waals surface area contributed by atoms with Crippen molar-refractivity contribution in [1.29, 1.82) is 0 Å². The molecular formula is C28H49NO3. The first-order valence-electron chi connectivity index (χ1n) is 13.8. The molecule has 1 unspecified atom stereocenters. The Kier molecular flexibility index (Phi) is 7.05. The molecule has 184 valence electrons. The van der Waals surface area contributed by atoms with Crippen LogP contribution in [-0.2, 0) is 4.79 Å². The van der Waals surface area contributed by atoms with Gasteiger partial charge in [0.05, 0.1) is 12.2 Å². The van der Waals surface area contributed by atoms with E-state index in [1.54, 1.807) is 0 Å². The average Bonchev–Trinajstić information content (AvgIpc) is 3.11. The number of aliphatic hydroxyl groups is 2. The maximum atomic E-state index is 12.1. The fourth-order valence-corrected chi connectivity index (χ4v) is 9.78. The third kappa shape index (κ3) is 3.85. The Morgan fingerprint density at radius 1 is 1.00 bits per heavy atom. The van der Waals surface area contributed by atoms with E-state index in [2.05, 4.69) is 33.0 Å². The lowest BCUT2D eigenvalue weighted by molar-refractivity contribution is -0.203. The number of amides is 1. The molecule has 0 aromatic carbocycles. The molecule has 4 fully saturated rings. The molecule has 0 heterocycles. The number of fused-ring (bicyclic) bond motifs is 5. The molecule has 4 aliphatic rings. The van der Waals surface area contributed by atoms with Crippen LogP contribution in [0.15, 0.2) is 0 Å². The van der Waals surface area contributed by atoms with Gasteiger partial charge in [0.1, 0.15) is 0 Å². The molecule has 4 rings (SSSR count). The predicted molar refractivity (Wildman–Crippen MR) is 129 cm³/mol. The van der Waals surface area contributed by atoms with Gasteiger partial charge in [0.2, 0.25) is 5.91 Å². The molecule has 4 aliphatic carbocycles. The van der Waals surface area contributed by atoms with Crippen LogP contribution in [0, 0.1) is 52.3 Å². The molecule has 4 nitrogen and oxygen atoms in total. The Morgan fingerprint density at radius 2 is 1.69 bits per heavy atom. The molecular weight excluding hydrogens is 398 g/mol. The lowest BCUT2D eigenvalue weighted by Gasteiger charge is -2.64. The number of aliphatic hydroxyl groups excluding tert-OH is 2. The highest BCUT2D eigenvalue weighted by molar-refractivity contribution is 5.75. The van der Waals surface area contributed by atoms with E-state index in [4.69, 9.17) is 0 Å². The van der Waals surface area contributed by atoms with Crippen LogP contribution < -0.4 is 5.32 Å². The van der Waals surface area contributed by atoms with E-state index in [0.29, 0.717) is 59.8 Å². The molecule has 4 saturated carbocycles.